The zero-order valence-electron chi connectivity index (χ0n) is 11.5. The molecule has 0 radical (unpaired) electrons. The molecule has 2 rings (SSSR count). The summed E-state index contributed by atoms with van der Waals surface area (Å²) in [7, 11) is 0. The van der Waals surface area contributed by atoms with Crippen molar-refractivity contribution >= 4 is 5.57 Å². The standard InChI is InChI=1S/C18H19F/c1-4-17(15-9-11-16(19)12-10-15)14(3)18-8-6-5-7-13(18)2/h5-12,17H,3-4H2,1-2H3. The van der Waals surface area contributed by atoms with Gasteiger partial charge < -0.3 is 0 Å². The SMILES string of the molecule is C=C(c1ccccc1C)C(CC)c1ccc(F)cc1. The Morgan fingerprint density at radius 2 is 1.74 bits per heavy atom. The molecule has 0 aliphatic carbocycles. The molecule has 1 heteroatoms. The summed E-state index contributed by atoms with van der Waals surface area (Å²) >= 11 is 0. The molecule has 0 fully saturated rings. The molecule has 0 N–H and O–H groups in total. The van der Waals surface area contributed by atoms with Crippen LogP contribution >= 0.6 is 0 Å². The Balaban J connectivity index is 2.35. The Labute approximate surface area is 114 Å². The van der Waals surface area contributed by atoms with E-state index in [-0.39, 0.29) is 11.7 Å². The number of rotatable bonds is 4. The lowest BCUT2D eigenvalue weighted by atomic mass is 9.84. The molecule has 0 saturated heterocycles. The molecule has 1 unspecified atom stereocenters. The van der Waals surface area contributed by atoms with Gasteiger partial charge in [0.1, 0.15) is 5.82 Å². The van der Waals surface area contributed by atoms with Crippen LogP contribution in [0.4, 0.5) is 4.39 Å². The van der Waals surface area contributed by atoms with Crippen molar-refractivity contribution in [1.29, 1.82) is 0 Å². The van der Waals surface area contributed by atoms with E-state index in [1.165, 1.54) is 23.3 Å². The van der Waals surface area contributed by atoms with E-state index in [4.69, 9.17) is 0 Å². The summed E-state index contributed by atoms with van der Waals surface area (Å²) < 4.78 is 13.0. The lowest BCUT2D eigenvalue weighted by molar-refractivity contribution is 0.626. The third-order valence-corrected chi connectivity index (χ3v) is 3.59. The fraction of sp³-hybridized carbons (Fsp3) is 0.222. The van der Waals surface area contributed by atoms with Gasteiger partial charge in [-0.05, 0) is 47.7 Å². The third kappa shape index (κ3) is 2.93. The second-order valence-corrected chi connectivity index (χ2v) is 4.85. The van der Waals surface area contributed by atoms with E-state index < -0.39 is 0 Å². The number of hydrogen-bond donors (Lipinski definition) is 0. The molecule has 2 aromatic carbocycles. The fourth-order valence-corrected chi connectivity index (χ4v) is 2.50. The number of halogens is 1. The zero-order valence-corrected chi connectivity index (χ0v) is 11.5. The molecule has 0 aliphatic heterocycles. The third-order valence-electron chi connectivity index (χ3n) is 3.59. The van der Waals surface area contributed by atoms with Gasteiger partial charge in [0.2, 0.25) is 0 Å². The maximum absolute atomic E-state index is 13.0. The summed E-state index contributed by atoms with van der Waals surface area (Å²) in [6.45, 7) is 8.49. The second kappa shape index (κ2) is 5.83. The summed E-state index contributed by atoms with van der Waals surface area (Å²) in [5.41, 5.74) is 4.65. The molecule has 0 aromatic heterocycles. The number of allylic oxidation sites excluding steroid dienone is 1. The average molecular weight is 254 g/mol. The maximum atomic E-state index is 13.0. The van der Waals surface area contributed by atoms with Crippen LogP contribution in [-0.2, 0) is 0 Å². The molecular weight excluding hydrogens is 235 g/mol. The zero-order chi connectivity index (χ0) is 13.8. The first-order valence-corrected chi connectivity index (χ1v) is 6.63. The number of hydrogen-bond acceptors (Lipinski definition) is 0. The summed E-state index contributed by atoms with van der Waals surface area (Å²) in [4.78, 5) is 0. The molecular formula is C18H19F. The molecule has 2 aromatic rings. The molecule has 0 aliphatic rings. The van der Waals surface area contributed by atoms with Gasteiger partial charge in [-0.15, -0.1) is 0 Å². The maximum Gasteiger partial charge on any atom is 0.123 e. The Morgan fingerprint density at radius 1 is 1.11 bits per heavy atom. The molecule has 0 heterocycles. The van der Waals surface area contributed by atoms with Crippen LogP contribution in [0.5, 0.6) is 0 Å². The van der Waals surface area contributed by atoms with Crippen LogP contribution in [-0.4, -0.2) is 0 Å². The van der Waals surface area contributed by atoms with E-state index in [9.17, 15) is 4.39 Å². The first-order valence-electron chi connectivity index (χ1n) is 6.63. The Morgan fingerprint density at radius 3 is 2.32 bits per heavy atom. The first kappa shape index (κ1) is 13.5. The van der Waals surface area contributed by atoms with Gasteiger partial charge in [0.15, 0.2) is 0 Å². The van der Waals surface area contributed by atoms with E-state index in [2.05, 4.69) is 32.6 Å². The molecule has 1 atom stereocenters. The minimum atomic E-state index is -0.194. The van der Waals surface area contributed by atoms with Gasteiger partial charge in [-0.1, -0.05) is 49.9 Å². The molecule has 0 spiro atoms. The van der Waals surface area contributed by atoms with Crippen LogP contribution in [0.2, 0.25) is 0 Å². The molecule has 0 bridgehead atoms. The average Bonchev–Trinajstić information content (AvgIpc) is 2.42. The van der Waals surface area contributed by atoms with E-state index in [0.29, 0.717) is 0 Å². The van der Waals surface area contributed by atoms with Crippen molar-refractivity contribution in [1.82, 2.24) is 0 Å². The summed E-state index contributed by atoms with van der Waals surface area (Å²) in [6, 6.07) is 15.0. The van der Waals surface area contributed by atoms with E-state index in [1.54, 1.807) is 0 Å². The van der Waals surface area contributed by atoms with Crippen molar-refractivity contribution in [2.45, 2.75) is 26.2 Å². The quantitative estimate of drug-likeness (QED) is 0.690. The van der Waals surface area contributed by atoms with Crippen molar-refractivity contribution in [2.75, 3.05) is 0 Å². The minimum Gasteiger partial charge on any atom is -0.207 e. The van der Waals surface area contributed by atoms with Crippen molar-refractivity contribution < 1.29 is 4.39 Å². The monoisotopic (exact) mass is 254 g/mol. The van der Waals surface area contributed by atoms with Gasteiger partial charge >= 0.3 is 0 Å². The molecule has 0 amide bonds. The molecule has 19 heavy (non-hydrogen) atoms. The van der Waals surface area contributed by atoms with Crippen LogP contribution in [0.3, 0.4) is 0 Å². The van der Waals surface area contributed by atoms with Gasteiger partial charge in [0, 0.05) is 5.92 Å². The summed E-state index contributed by atoms with van der Waals surface area (Å²) in [5.74, 6) is 0.0433. The van der Waals surface area contributed by atoms with E-state index >= 15 is 0 Å². The van der Waals surface area contributed by atoms with Gasteiger partial charge in [0.25, 0.3) is 0 Å². The Bertz CT molecular complexity index is 566. The highest BCUT2D eigenvalue weighted by Gasteiger charge is 2.15. The van der Waals surface area contributed by atoms with Crippen molar-refractivity contribution in [3.63, 3.8) is 0 Å². The smallest absolute Gasteiger partial charge is 0.123 e. The summed E-state index contributed by atoms with van der Waals surface area (Å²) in [6.07, 6.45) is 0.957. The largest absolute Gasteiger partial charge is 0.207 e. The normalized spacial score (nSPS) is 12.2. The molecule has 0 nitrogen and oxygen atoms in total. The van der Waals surface area contributed by atoms with Crippen LogP contribution in [0.25, 0.3) is 5.57 Å². The van der Waals surface area contributed by atoms with Crippen molar-refractivity contribution in [3.8, 4) is 0 Å². The van der Waals surface area contributed by atoms with Gasteiger partial charge in [0.05, 0.1) is 0 Å². The van der Waals surface area contributed by atoms with Crippen LogP contribution < -0.4 is 0 Å². The first-order chi connectivity index (χ1) is 9.13. The highest BCUT2D eigenvalue weighted by Crippen LogP contribution is 2.34. The predicted octanol–water partition coefficient (Wildman–Crippen LogP) is 5.34. The van der Waals surface area contributed by atoms with Gasteiger partial charge in [-0.25, -0.2) is 4.39 Å². The fourth-order valence-electron chi connectivity index (χ4n) is 2.50. The number of aryl methyl sites for hydroxylation is 1. The topological polar surface area (TPSA) is 0 Å². The Hall–Kier alpha value is -1.89. The lowest BCUT2D eigenvalue weighted by Gasteiger charge is -2.20. The highest BCUT2D eigenvalue weighted by molar-refractivity contribution is 5.71. The predicted molar refractivity (Wildman–Crippen MR) is 79.6 cm³/mol. The number of benzene rings is 2. The van der Waals surface area contributed by atoms with E-state index in [0.717, 1.165) is 17.6 Å². The summed E-state index contributed by atoms with van der Waals surface area (Å²) in [5, 5.41) is 0. The van der Waals surface area contributed by atoms with E-state index in [1.807, 2.05) is 24.3 Å². The van der Waals surface area contributed by atoms with Gasteiger partial charge in [-0.2, -0.15) is 0 Å². The lowest BCUT2D eigenvalue weighted by Crippen LogP contribution is -2.01. The minimum absolute atomic E-state index is 0.194. The highest BCUT2D eigenvalue weighted by atomic mass is 19.1. The van der Waals surface area contributed by atoms with Crippen LogP contribution in [0.1, 0.15) is 36.0 Å². The van der Waals surface area contributed by atoms with Crippen LogP contribution in [0, 0.1) is 12.7 Å². The van der Waals surface area contributed by atoms with Crippen molar-refractivity contribution in [2.24, 2.45) is 0 Å². The molecule has 98 valence electrons. The van der Waals surface area contributed by atoms with Crippen LogP contribution in [0.15, 0.2) is 55.1 Å². The Kier molecular flexibility index (Phi) is 4.16. The van der Waals surface area contributed by atoms with Crippen molar-refractivity contribution in [3.05, 3.63) is 77.6 Å². The molecule has 0 saturated carbocycles. The van der Waals surface area contributed by atoms with Gasteiger partial charge in [-0.3, -0.25) is 0 Å². The second-order valence-electron chi connectivity index (χ2n) is 4.85.